The molecule has 1 aromatic rings. The largest absolute Gasteiger partial charge is 0.460 e. The van der Waals surface area contributed by atoms with Gasteiger partial charge in [0, 0.05) is 12.1 Å². The van der Waals surface area contributed by atoms with Crippen LogP contribution in [0.25, 0.3) is 0 Å². The summed E-state index contributed by atoms with van der Waals surface area (Å²) in [7, 11) is 2.15. The predicted octanol–water partition coefficient (Wildman–Crippen LogP) is 2.90. The second-order valence-electron chi connectivity index (χ2n) is 5.89. The van der Waals surface area contributed by atoms with Gasteiger partial charge in [0.05, 0.1) is 0 Å². The molecule has 2 bridgehead atoms. The Hall–Kier alpha value is -0.910. The fourth-order valence-corrected chi connectivity index (χ4v) is 3.46. The number of benzene rings is 1. The smallest absolute Gasteiger partial charge is 0.339 e. The molecule has 2 fully saturated rings. The zero-order chi connectivity index (χ0) is 16.1. The van der Waals surface area contributed by atoms with Gasteiger partial charge in [-0.25, -0.2) is 4.79 Å². The molecule has 122 valence electrons. The standard InChI is InChI=1S/C16H21NO3.CH3Br/c1-17-12-7-8-13(17)10-14(9-12)20-16(19)15(18)11-5-3-2-4-6-11;1-2/h2-6,12-15,18H,7-10H2,1H3;1H3/t12-,13+,14?,15?;. The van der Waals surface area contributed by atoms with Gasteiger partial charge in [-0.1, -0.05) is 46.3 Å². The van der Waals surface area contributed by atoms with Crippen molar-refractivity contribution in [1.29, 1.82) is 0 Å². The van der Waals surface area contributed by atoms with Gasteiger partial charge in [-0.15, -0.1) is 0 Å². The highest BCUT2D eigenvalue weighted by atomic mass is 79.9. The first kappa shape index (κ1) is 17.4. The highest BCUT2D eigenvalue weighted by Gasteiger charge is 2.40. The van der Waals surface area contributed by atoms with Crippen molar-refractivity contribution in [1.82, 2.24) is 4.90 Å². The second-order valence-corrected chi connectivity index (χ2v) is 5.89. The van der Waals surface area contributed by atoms with Crippen LogP contribution in [0.2, 0.25) is 0 Å². The van der Waals surface area contributed by atoms with Gasteiger partial charge in [-0.3, -0.25) is 0 Å². The number of fused-ring (bicyclic) bond motifs is 2. The Morgan fingerprint density at radius 1 is 1.23 bits per heavy atom. The van der Waals surface area contributed by atoms with Crippen LogP contribution in [0.3, 0.4) is 0 Å². The van der Waals surface area contributed by atoms with E-state index in [9.17, 15) is 9.90 Å². The fraction of sp³-hybridized carbons (Fsp3) is 0.588. The number of aliphatic hydroxyl groups is 1. The summed E-state index contributed by atoms with van der Waals surface area (Å²) >= 11 is 2.94. The Kier molecular flexibility index (Phi) is 6.41. The molecule has 0 aliphatic carbocycles. The number of alkyl halides is 1. The lowest BCUT2D eigenvalue weighted by atomic mass is 10.0. The first-order valence-corrected chi connectivity index (χ1v) is 9.27. The van der Waals surface area contributed by atoms with Gasteiger partial charge in [-0.2, -0.15) is 0 Å². The molecule has 0 spiro atoms. The molecule has 2 aliphatic rings. The summed E-state index contributed by atoms with van der Waals surface area (Å²) in [5, 5.41) is 10.0. The van der Waals surface area contributed by atoms with Crippen LogP contribution in [0.1, 0.15) is 37.4 Å². The van der Waals surface area contributed by atoms with Gasteiger partial charge in [-0.05, 0) is 44.1 Å². The minimum absolute atomic E-state index is 0.0467. The minimum atomic E-state index is -1.17. The SMILES string of the molecule is CBr.CN1[C@@H]2CC[C@H]1CC(OC(=O)C(O)c1ccccc1)C2. The molecule has 0 radical (unpaired) electrons. The van der Waals surface area contributed by atoms with Crippen LogP contribution in [-0.4, -0.2) is 47.0 Å². The van der Waals surface area contributed by atoms with Gasteiger partial charge >= 0.3 is 5.97 Å². The van der Waals surface area contributed by atoms with E-state index in [1.54, 1.807) is 12.1 Å². The normalized spacial score (nSPS) is 28.5. The molecule has 1 N–H and O–H groups in total. The number of halogens is 1. The molecule has 2 unspecified atom stereocenters. The van der Waals surface area contributed by atoms with Crippen molar-refractivity contribution in [2.24, 2.45) is 0 Å². The fourth-order valence-electron chi connectivity index (χ4n) is 3.46. The topological polar surface area (TPSA) is 49.8 Å². The summed E-state index contributed by atoms with van der Waals surface area (Å²) < 4.78 is 5.52. The third-order valence-electron chi connectivity index (χ3n) is 4.68. The molecule has 1 aromatic carbocycles. The van der Waals surface area contributed by atoms with Crippen LogP contribution < -0.4 is 0 Å². The summed E-state index contributed by atoms with van der Waals surface area (Å²) in [5.41, 5.74) is 0.591. The second kappa shape index (κ2) is 8.09. The molecule has 0 amide bonds. The maximum atomic E-state index is 12.0. The monoisotopic (exact) mass is 369 g/mol. The number of esters is 1. The van der Waals surface area contributed by atoms with Gasteiger partial charge in [0.25, 0.3) is 0 Å². The molecule has 4 atom stereocenters. The summed E-state index contributed by atoms with van der Waals surface area (Å²) in [6.45, 7) is 0. The van der Waals surface area contributed by atoms with Crippen molar-refractivity contribution in [2.75, 3.05) is 12.9 Å². The Bertz CT molecular complexity index is 468. The molecule has 4 nitrogen and oxygen atoms in total. The maximum Gasteiger partial charge on any atom is 0.339 e. The van der Waals surface area contributed by atoms with Crippen molar-refractivity contribution in [3.63, 3.8) is 0 Å². The number of rotatable bonds is 3. The number of ether oxygens (including phenoxy) is 1. The van der Waals surface area contributed by atoms with Crippen LogP contribution in [0, 0.1) is 0 Å². The van der Waals surface area contributed by atoms with Gasteiger partial charge in [0.15, 0.2) is 6.10 Å². The molecule has 2 aliphatic heterocycles. The van der Waals surface area contributed by atoms with Crippen LogP contribution >= 0.6 is 15.9 Å². The number of hydrogen-bond acceptors (Lipinski definition) is 4. The Morgan fingerprint density at radius 3 is 2.32 bits per heavy atom. The van der Waals surface area contributed by atoms with Gasteiger partial charge in [0.2, 0.25) is 0 Å². The first-order valence-electron chi connectivity index (χ1n) is 7.68. The highest BCUT2D eigenvalue weighted by molar-refractivity contribution is 9.08. The van der Waals surface area contributed by atoms with Crippen LogP contribution in [0.4, 0.5) is 0 Å². The van der Waals surface area contributed by atoms with Gasteiger partial charge in [0.1, 0.15) is 6.10 Å². The summed E-state index contributed by atoms with van der Waals surface area (Å²) in [4.78, 5) is 14.4. The Labute approximate surface area is 140 Å². The van der Waals surface area contributed by atoms with E-state index in [2.05, 4.69) is 27.9 Å². The van der Waals surface area contributed by atoms with E-state index in [4.69, 9.17) is 4.74 Å². The lowest BCUT2D eigenvalue weighted by molar-refractivity contribution is -0.162. The highest BCUT2D eigenvalue weighted by Crippen LogP contribution is 2.35. The average Bonchev–Trinajstić information content (AvgIpc) is 2.78. The van der Waals surface area contributed by atoms with Crippen molar-refractivity contribution < 1.29 is 14.6 Å². The molecule has 2 heterocycles. The number of aliphatic hydroxyl groups excluding tert-OH is 1. The number of hydrogen-bond donors (Lipinski definition) is 1. The summed E-state index contributed by atoms with van der Waals surface area (Å²) in [6, 6.07) is 10.0. The van der Waals surface area contributed by atoms with Crippen molar-refractivity contribution >= 4 is 21.9 Å². The Balaban J connectivity index is 0.000000847. The number of nitrogens with zero attached hydrogens (tertiary/aromatic N) is 1. The minimum Gasteiger partial charge on any atom is -0.460 e. The quantitative estimate of drug-likeness (QED) is 0.657. The van der Waals surface area contributed by atoms with E-state index in [1.165, 1.54) is 12.8 Å². The Morgan fingerprint density at radius 2 is 1.77 bits per heavy atom. The van der Waals surface area contributed by atoms with E-state index in [1.807, 2.05) is 24.0 Å². The predicted molar refractivity (Wildman–Crippen MR) is 89.9 cm³/mol. The number of carbonyl (C=O) groups is 1. The lowest BCUT2D eigenvalue weighted by Gasteiger charge is -2.36. The van der Waals surface area contributed by atoms with Crippen molar-refractivity contribution in [2.45, 2.75) is 50.0 Å². The summed E-state index contributed by atoms with van der Waals surface area (Å²) in [5.74, 6) is 1.29. The molecule has 5 heteroatoms. The number of piperidine rings is 1. The lowest BCUT2D eigenvalue weighted by Crippen LogP contribution is -2.43. The molecule has 2 saturated heterocycles. The first-order chi connectivity index (χ1) is 10.6. The average molecular weight is 370 g/mol. The maximum absolute atomic E-state index is 12.0. The van der Waals surface area contributed by atoms with E-state index >= 15 is 0 Å². The molecule has 3 rings (SSSR count). The van der Waals surface area contributed by atoms with E-state index in [-0.39, 0.29) is 6.10 Å². The molecular formula is C17H24BrNO3. The zero-order valence-corrected chi connectivity index (χ0v) is 14.7. The van der Waals surface area contributed by atoms with Crippen LogP contribution in [0.15, 0.2) is 30.3 Å². The third kappa shape index (κ3) is 3.89. The van der Waals surface area contributed by atoms with Crippen molar-refractivity contribution in [3.8, 4) is 0 Å². The van der Waals surface area contributed by atoms with E-state index in [0.29, 0.717) is 17.6 Å². The molecule has 0 saturated carbocycles. The number of carbonyl (C=O) groups excluding carboxylic acids is 1. The van der Waals surface area contributed by atoms with Crippen LogP contribution in [-0.2, 0) is 9.53 Å². The van der Waals surface area contributed by atoms with E-state index < -0.39 is 12.1 Å². The van der Waals surface area contributed by atoms with Crippen molar-refractivity contribution in [3.05, 3.63) is 35.9 Å². The van der Waals surface area contributed by atoms with Crippen LogP contribution in [0.5, 0.6) is 0 Å². The van der Waals surface area contributed by atoms with E-state index in [0.717, 1.165) is 12.8 Å². The van der Waals surface area contributed by atoms with Gasteiger partial charge < -0.3 is 14.7 Å². The summed E-state index contributed by atoms with van der Waals surface area (Å²) in [6.07, 6.45) is 2.94. The zero-order valence-electron chi connectivity index (χ0n) is 13.1. The molecule has 0 aromatic heterocycles. The third-order valence-corrected chi connectivity index (χ3v) is 4.68. The molecule has 22 heavy (non-hydrogen) atoms. The molecular weight excluding hydrogens is 346 g/mol.